The zero-order valence-electron chi connectivity index (χ0n) is 15.6. The van der Waals surface area contributed by atoms with Crippen LogP contribution in [-0.4, -0.2) is 24.3 Å². The molecule has 3 aromatic rings. The summed E-state index contributed by atoms with van der Waals surface area (Å²) in [5.41, 5.74) is 1.41. The number of esters is 1. The first-order valence-electron chi connectivity index (χ1n) is 9.01. The maximum Gasteiger partial charge on any atom is 0.336 e. The number of ether oxygens (including phenoxy) is 3. The van der Waals surface area contributed by atoms with E-state index in [1.165, 1.54) is 18.2 Å². The summed E-state index contributed by atoms with van der Waals surface area (Å²) >= 11 is 0. The first-order chi connectivity index (χ1) is 14.0. The van der Waals surface area contributed by atoms with Crippen molar-refractivity contribution < 1.29 is 28.5 Å². The van der Waals surface area contributed by atoms with Crippen molar-refractivity contribution in [3.05, 3.63) is 69.6 Å². The SMILES string of the molecule is Cc1c(O)ccc2c(COC(=O)/C=C/c3ccc4c(c3)OCCO4)cc(=O)oc12. The quantitative estimate of drug-likeness (QED) is 0.412. The largest absolute Gasteiger partial charge is 0.508 e. The normalized spacial score (nSPS) is 13.0. The van der Waals surface area contributed by atoms with E-state index < -0.39 is 11.6 Å². The second-order valence-electron chi connectivity index (χ2n) is 6.52. The van der Waals surface area contributed by atoms with E-state index >= 15 is 0 Å². The molecule has 0 aliphatic carbocycles. The van der Waals surface area contributed by atoms with Crippen LogP contribution in [0.25, 0.3) is 17.0 Å². The molecule has 4 rings (SSSR count). The van der Waals surface area contributed by atoms with Crippen LogP contribution < -0.4 is 15.1 Å². The number of aryl methyl sites for hydroxylation is 1. The molecule has 7 heteroatoms. The first-order valence-corrected chi connectivity index (χ1v) is 9.01. The Morgan fingerprint density at radius 3 is 2.76 bits per heavy atom. The molecule has 0 atom stereocenters. The predicted molar refractivity (Wildman–Crippen MR) is 105 cm³/mol. The van der Waals surface area contributed by atoms with Crippen LogP contribution in [0.2, 0.25) is 0 Å². The van der Waals surface area contributed by atoms with E-state index in [0.29, 0.717) is 41.2 Å². The molecule has 1 aliphatic rings. The van der Waals surface area contributed by atoms with E-state index in [0.717, 1.165) is 5.56 Å². The minimum absolute atomic E-state index is 0.0251. The van der Waals surface area contributed by atoms with Gasteiger partial charge in [0, 0.05) is 28.7 Å². The maximum atomic E-state index is 12.1. The van der Waals surface area contributed by atoms with Gasteiger partial charge in [0.2, 0.25) is 0 Å². The van der Waals surface area contributed by atoms with E-state index in [4.69, 9.17) is 18.6 Å². The Kier molecular flexibility index (Phi) is 4.95. The average Bonchev–Trinajstić information content (AvgIpc) is 2.73. The minimum atomic E-state index is -0.580. The van der Waals surface area contributed by atoms with Gasteiger partial charge in [-0.25, -0.2) is 9.59 Å². The van der Waals surface area contributed by atoms with Gasteiger partial charge < -0.3 is 23.7 Å². The molecule has 0 saturated carbocycles. The van der Waals surface area contributed by atoms with Crippen molar-refractivity contribution in [1.82, 2.24) is 0 Å². The van der Waals surface area contributed by atoms with E-state index in [-0.39, 0.29) is 17.9 Å². The zero-order chi connectivity index (χ0) is 20.4. The summed E-state index contributed by atoms with van der Waals surface area (Å²) in [5.74, 6) is 0.772. The third-order valence-electron chi connectivity index (χ3n) is 4.57. The number of rotatable bonds is 4. The van der Waals surface area contributed by atoms with Crippen LogP contribution in [0, 0.1) is 6.92 Å². The van der Waals surface area contributed by atoms with Gasteiger partial charge in [-0.05, 0) is 42.8 Å². The molecule has 0 spiro atoms. The van der Waals surface area contributed by atoms with E-state index in [1.54, 1.807) is 31.2 Å². The predicted octanol–water partition coefficient (Wildman–Crippen LogP) is 3.33. The first kappa shape index (κ1) is 18.6. The van der Waals surface area contributed by atoms with Crippen molar-refractivity contribution in [1.29, 1.82) is 0 Å². The number of carbonyl (C=O) groups excluding carboxylic acids is 1. The van der Waals surface area contributed by atoms with Crippen molar-refractivity contribution >= 4 is 23.0 Å². The Morgan fingerprint density at radius 2 is 1.93 bits per heavy atom. The molecule has 0 amide bonds. The van der Waals surface area contributed by atoms with Gasteiger partial charge in [-0.3, -0.25) is 0 Å². The summed E-state index contributed by atoms with van der Waals surface area (Å²) in [6, 6.07) is 9.77. The molecule has 0 saturated heterocycles. The highest BCUT2D eigenvalue weighted by molar-refractivity contribution is 5.88. The number of carbonyl (C=O) groups is 1. The molecule has 148 valence electrons. The van der Waals surface area contributed by atoms with Crippen molar-refractivity contribution in [3.63, 3.8) is 0 Å². The summed E-state index contributed by atoms with van der Waals surface area (Å²) in [6.07, 6.45) is 2.91. The number of fused-ring (bicyclic) bond motifs is 2. The van der Waals surface area contributed by atoms with Crippen LogP contribution in [-0.2, 0) is 16.1 Å². The van der Waals surface area contributed by atoms with Gasteiger partial charge >= 0.3 is 11.6 Å². The fourth-order valence-corrected chi connectivity index (χ4v) is 3.06. The number of aromatic hydroxyl groups is 1. The van der Waals surface area contributed by atoms with E-state index in [1.807, 2.05) is 6.07 Å². The molecule has 1 N–H and O–H groups in total. The molecule has 2 heterocycles. The highest BCUT2D eigenvalue weighted by Crippen LogP contribution is 2.31. The van der Waals surface area contributed by atoms with Gasteiger partial charge in [0.15, 0.2) is 11.5 Å². The maximum absolute atomic E-state index is 12.1. The summed E-state index contributed by atoms with van der Waals surface area (Å²) in [5, 5.41) is 10.4. The second-order valence-corrected chi connectivity index (χ2v) is 6.52. The number of benzene rings is 2. The molecule has 7 nitrogen and oxygen atoms in total. The Bertz CT molecular complexity index is 1170. The molecule has 29 heavy (non-hydrogen) atoms. The topological polar surface area (TPSA) is 95.2 Å². The Labute approximate surface area is 165 Å². The lowest BCUT2D eigenvalue weighted by Gasteiger charge is -2.18. The molecule has 1 aliphatic heterocycles. The average molecular weight is 394 g/mol. The van der Waals surface area contributed by atoms with Crippen LogP contribution in [0.4, 0.5) is 0 Å². The van der Waals surface area contributed by atoms with Crippen LogP contribution in [0.5, 0.6) is 17.2 Å². The zero-order valence-corrected chi connectivity index (χ0v) is 15.6. The van der Waals surface area contributed by atoms with Crippen LogP contribution in [0.3, 0.4) is 0 Å². The molecule has 2 aromatic carbocycles. The Morgan fingerprint density at radius 1 is 1.14 bits per heavy atom. The van der Waals surface area contributed by atoms with E-state index in [2.05, 4.69) is 0 Å². The van der Waals surface area contributed by atoms with Gasteiger partial charge in [0.05, 0.1) is 0 Å². The minimum Gasteiger partial charge on any atom is -0.508 e. The molecular weight excluding hydrogens is 376 g/mol. The number of hydrogen-bond donors (Lipinski definition) is 1. The highest BCUT2D eigenvalue weighted by atomic mass is 16.6. The van der Waals surface area contributed by atoms with Crippen LogP contribution in [0.15, 0.2) is 51.7 Å². The summed E-state index contributed by atoms with van der Waals surface area (Å²) in [6.45, 7) is 2.54. The molecule has 0 fully saturated rings. The molecule has 1 aromatic heterocycles. The molecule has 0 unspecified atom stereocenters. The van der Waals surface area contributed by atoms with Gasteiger partial charge in [0.25, 0.3) is 0 Å². The fourth-order valence-electron chi connectivity index (χ4n) is 3.06. The van der Waals surface area contributed by atoms with Gasteiger partial charge in [-0.15, -0.1) is 0 Å². The van der Waals surface area contributed by atoms with Crippen LogP contribution in [0.1, 0.15) is 16.7 Å². The standard InChI is InChI=1S/C22H18O7/c1-13-17(23)5-4-16-15(11-21(25)29-22(13)16)12-28-20(24)7-3-14-2-6-18-19(10-14)27-9-8-26-18/h2-7,10-11,23H,8-9,12H2,1H3/b7-3+. The molecule has 0 radical (unpaired) electrons. The van der Waals surface area contributed by atoms with Crippen molar-refractivity contribution in [2.45, 2.75) is 13.5 Å². The molecule has 0 bridgehead atoms. The summed E-state index contributed by atoms with van der Waals surface area (Å²) in [7, 11) is 0. The van der Waals surface area contributed by atoms with Crippen molar-refractivity contribution in [3.8, 4) is 17.2 Å². The van der Waals surface area contributed by atoms with Gasteiger partial charge in [-0.1, -0.05) is 6.07 Å². The van der Waals surface area contributed by atoms with E-state index in [9.17, 15) is 14.7 Å². The monoisotopic (exact) mass is 394 g/mol. The number of phenols is 1. The summed E-state index contributed by atoms with van der Waals surface area (Å²) < 4.78 is 21.4. The van der Waals surface area contributed by atoms with Crippen molar-refractivity contribution in [2.24, 2.45) is 0 Å². The number of hydrogen-bond acceptors (Lipinski definition) is 7. The summed E-state index contributed by atoms with van der Waals surface area (Å²) in [4.78, 5) is 23.9. The van der Waals surface area contributed by atoms with Crippen LogP contribution >= 0.6 is 0 Å². The van der Waals surface area contributed by atoms with Crippen molar-refractivity contribution in [2.75, 3.05) is 13.2 Å². The van der Waals surface area contributed by atoms with Gasteiger partial charge in [-0.2, -0.15) is 0 Å². The lowest BCUT2D eigenvalue weighted by Crippen LogP contribution is -2.15. The third kappa shape index (κ3) is 3.94. The third-order valence-corrected chi connectivity index (χ3v) is 4.57. The Hall–Kier alpha value is -3.74. The Balaban J connectivity index is 1.48. The lowest BCUT2D eigenvalue weighted by atomic mass is 10.1. The smallest absolute Gasteiger partial charge is 0.336 e. The van der Waals surface area contributed by atoms with Gasteiger partial charge in [0.1, 0.15) is 31.2 Å². The highest BCUT2D eigenvalue weighted by Gasteiger charge is 2.13. The fraction of sp³-hybridized carbons (Fsp3) is 0.182. The second kappa shape index (κ2) is 7.71. The lowest BCUT2D eigenvalue weighted by molar-refractivity contribution is -0.138. The number of phenolic OH excluding ortho intramolecular Hbond substituents is 1. The molecular formula is C22H18O7.